The zero-order valence-electron chi connectivity index (χ0n) is 8.92. The van der Waals surface area contributed by atoms with Crippen LogP contribution >= 0.6 is 15.9 Å². The van der Waals surface area contributed by atoms with Crippen LogP contribution in [-0.2, 0) is 0 Å². The quantitative estimate of drug-likeness (QED) is 0.892. The Kier molecular flexibility index (Phi) is 3.32. The molecule has 1 unspecified atom stereocenters. The molecule has 1 atom stereocenters. The summed E-state index contributed by atoms with van der Waals surface area (Å²) in [6, 6.07) is 8.03. The molecule has 1 fully saturated rings. The van der Waals surface area contributed by atoms with Crippen LogP contribution in [0.4, 0.5) is 0 Å². The van der Waals surface area contributed by atoms with E-state index >= 15 is 0 Å². The van der Waals surface area contributed by atoms with Crippen LogP contribution in [0, 0.1) is 0 Å². The van der Waals surface area contributed by atoms with Crippen molar-refractivity contribution >= 4 is 15.9 Å². The van der Waals surface area contributed by atoms with Gasteiger partial charge in [-0.05, 0) is 44.5 Å². The summed E-state index contributed by atoms with van der Waals surface area (Å²) in [4.78, 5) is 0. The molecule has 1 aliphatic heterocycles. The molecule has 2 nitrogen and oxygen atoms in total. The summed E-state index contributed by atoms with van der Waals surface area (Å²) in [6.45, 7) is 4.21. The van der Waals surface area contributed by atoms with Crippen LogP contribution in [0.15, 0.2) is 28.7 Å². The van der Waals surface area contributed by atoms with Crippen molar-refractivity contribution in [3.63, 3.8) is 0 Å². The van der Waals surface area contributed by atoms with E-state index in [2.05, 4.69) is 28.2 Å². The standard InChI is InChI=1S/C12H16BrNO/c1-12(6-3-7-14-9-12)15-11-5-2-4-10(13)8-11/h2,4-5,8,14H,3,6-7,9H2,1H3. The Morgan fingerprint density at radius 1 is 1.47 bits per heavy atom. The average Bonchev–Trinajstić information content (AvgIpc) is 2.18. The molecule has 0 aliphatic carbocycles. The molecule has 82 valence electrons. The van der Waals surface area contributed by atoms with Crippen molar-refractivity contribution in [2.75, 3.05) is 13.1 Å². The second-order valence-electron chi connectivity index (χ2n) is 4.29. The van der Waals surface area contributed by atoms with E-state index in [-0.39, 0.29) is 5.60 Å². The Hall–Kier alpha value is -0.540. The SMILES string of the molecule is CC1(Oc2cccc(Br)c2)CCCNC1. The largest absolute Gasteiger partial charge is 0.486 e. The van der Waals surface area contributed by atoms with Gasteiger partial charge in [-0.25, -0.2) is 0 Å². The van der Waals surface area contributed by atoms with Gasteiger partial charge in [0, 0.05) is 11.0 Å². The van der Waals surface area contributed by atoms with Crippen LogP contribution < -0.4 is 10.1 Å². The number of rotatable bonds is 2. The summed E-state index contributed by atoms with van der Waals surface area (Å²) >= 11 is 3.45. The molecule has 1 saturated heterocycles. The molecular weight excluding hydrogens is 254 g/mol. The lowest BCUT2D eigenvalue weighted by atomic mass is 9.96. The van der Waals surface area contributed by atoms with Crippen molar-refractivity contribution in [2.45, 2.75) is 25.4 Å². The highest BCUT2D eigenvalue weighted by molar-refractivity contribution is 9.10. The zero-order chi connectivity index (χ0) is 10.7. The van der Waals surface area contributed by atoms with Gasteiger partial charge in [-0.15, -0.1) is 0 Å². The molecule has 15 heavy (non-hydrogen) atoms. The van der Waals surface area contributed by atoms with Crippen LogP contribution in [0.3, 0.4) is 0 Å². The molecule has 2 rings (SSSR count). The molecule has 0 spiro atoms. The highest BCUT2D eigenvalue weighted by Gasteiger charge is 2.28. The van der Waals surface area contributed by atoms with Gasteiger partial charge in [0.05, 0.1) is 0 Å². The maximum atomic E-state index is 6.03. The van der Waals surface area contributed by atoms with Crippen molar-refractivity contribution < 1.29 is 4.74 Å². The molecule has 0 amide bonds. The fourth-order valence-corrected chi connectivity index (χ4v) is 2.31. The number of piperidine rings is 1. The predicted octanol–water partition coefficient (Wildman–Crippen LogP) is 2.97. The van der Waals surface area contributed by atoms with Crippen molar-refractivity contribution in [2.24, 2.45) is 0 Å². The fourth-order valence-electron chi connectivity index (χ4n) is 1.93. The number of hydrogen-bond donors (Lipinski definition) is 1. The summed E-state index contributed by atoms with van der Waals surface area (Å²) in [6.07, 6.45) is 2.30. The highest BCUT2D eigenvalue weighted by atomic mass is 79.9. The third kappa shape index (κ3) is 2.95. The Labute approximate surface area is 99.1 Å². The maximum Gasteiger partial charge on any atom is 0.121 e. The van der Waals surface area contributed by atoms with Crippen molar-refractivity contribution in [1.82, 2.24) is 5.32 Å². The van der Waals surface area contributed by atoms with Gasteiger partial charge in [0.1, 0.15) is 11.4 Å². The Morgan fingerprint density at radius 2 is 2.33 bits per heavy atom. The molecule has 1 aromatic rings. The first kappa shape index (κ1) is 11.0. The van der Waals surface area contributed by atoms with Gasteiger partial charge in [0.15, 0.2) is 0 Å². The van der Waals surface area contributed by atoms with Crippen molar-refractivity contribution in [3.05, 3.63) is 28.7 Å². The topological polar surface area (TPSA) is 21.3 Å². The lowest BCUT2D eigenvalue weighted by molar-refractivity contribution is 0.0614. The first-order chi connectivity index (χ1) is 7.18. The molecular formula is C12H16BrNO. The summed E-state index contributed by atoms with van der Waals surface area (Å²) in [5.41, 5.74) is -0.0565. The predicted molar refractivity (Wildman–Crippen MR) is 65.3 cm³/mol. The summed E-state index contributed by atoms with van der Waals surface area (Å²) in [7, 11) is 0. The minimum absolute atomic E-state index is 0.0565. The van der Waals surface area contributed by atoms with E-state index in [1.165, 1.54) is 6.42 Å². The van der Waals surface area contributed by atoms with Crippen LogP contribution in [0.1, 0.15) is 19.8 Å². The van der Waals surface area contributed by atoms with E-state index < -0.39 is 0 Å². The first-order valence-electron chi connectivity index (χ1n) is 5.33. The van der Waals surface area contributed by atoms with Crippen molar-refractivity contribution in [3.8, 4) is 5.75 Å². The van der Waals surface area contributed by atoms with E-state index in [1.807, 2.05) is 24.3 Å². The molecule has 1 aromatic carbocycles. The van der Waals surface area contributed by atoms with E-state index in [0.29, 0.717) is 0 Å². The third-order valence-corrected chi connectivity index (χ3v) is 3.21. The molecule has 0 aromatic heterocycles. The normalized spacial score (nSPS) is 26.3. The van der Waals surface area contributed by atoms with Crippen LogP contribution in [0.2, 0.25) is 0 Å². The van der Waals surface area contributed by atoms with E-state index in [4.69, 9.17) is 4.74 Å². The third-order valence-electron chi connectivity index (χ3n) is 2.72. The smallest absolute Gasteiger partial charge is 0.121 e. The zero-order valence-corrected chi connectivity index (χ0v) is 10.5. The monoisotopic (exact) mass is 269 g/mol. The van der Waals surface area contributed by atoms with Gasteiger partial charge in [-0.2, -0.15) is 0 Å². The van der Waals surface area contributed by atoms with Gasteiger partial charge in [-0.3, -0.25) is 0 Å². The summed E-state index contributed by atoms with van der Waals surface area (Å²) < 4.78 is 7.09. The number of halogens is 1. The minimum Gasteiger partial charge on any atom is -0.486 e. The van der Waals surface area contributed by atoms with Crippen LogP contribution in [0.5, 0.6) is 5.75 Å². The van der Waals surface area contributed by atoms with Gasteiger partial charge >= 0.3 is 0 Å². The average molecular weight is 270 g/mol. The van der Waals surface area contributed by atoms with Gasteiger partial charge in [0.2, 0.25) is 0 Å². The Balaban J connectivity index is 2.06. The van der Waals surface area contributed by atoms with E-state index in [9.17, 15) is 0 Å². The molecule has 0 radical (unpaired) electrons. The fraction of sp³-hybridized carbons (Fsp3) is 0.500. The van der Waals surface area contributed by atoms with Crippen LogP contribution in [0.25, 0.3) is 0 Å². The number of ether oxygens (including phenoxy) is 1. The molecule has 0 bridgehead atoms. The molecule has 0 saturated carbocycles. The molecule has 3 heteroatoms. The van der Waals surface area contributed by atoms with Crippen molar-refractivity contribution in [1.29, 1.82) is 0 Å². The molecule has 1 N–H and O–H groups in total. The van der Waals surface area contributed by atoms with Gasteiger partial charge in [-0.1, -0.05) is 22.0 Å². The molecule has 1 heterocycles. The number of benzene rings is 1. The molecule has 1 aliphatic rings. The van der Waals surface area contributed by atoms with E-state index in [0.717, 1.165) is 29.7 Å². The maximum absolute atomic E-state index is 6.03. The second kappa shape index (κ2) is 4.54. The number of nitrogens with one attached hydrogen (secondary N) is 1. The number of hydrogen-bond acceptors (Lipinski definition) is 2. The Morgan fingerprint density at radius 3 is 3.00 bits per heavy atom. The van der Waals surface area contributed by atoms with Gasteiger partial charge < -0.3 is 10.1 Å². The minimum atomic E-state index is -0.0565. The highest BCUT2D eigenvalue weighted by Crippen LogP contribution is 2.26. The van der Waals surface area contributed by atoms with Gasteiger partial charge in [0.25, 0.3) is 0 Å². The summed E-state index contributed by atoms with van der Waals surface area (Å²) in [5.74, 6) is 0.940. The second-order valence-corrected chi connectivity index (χ2v) is 5.21. The lowest BCUT2D eigenvalue weighted by Crippen LogP contribution is -2.47. The Bertz CT molecular complexity index is 334. The lowest BCUT2D eigenvalue weighted by Gasteiger charge is -2.34. The van der Waals surface area contributed by atoms with Crippen LogP contribution in [-0.4, -0.2) is 18.7 Å². The summed E-state index contributed by atoms with van der Waals surface area (Å²) in [5, 5.41) is 3.37. The van der Waals surface area contributed by atoms with E-state index in [1.54, 1.807) is 0 Å². The first-order valence-corrected chi connectivity index (χ1v) is 6.13.